The number of morpholine rings is 1. The van der Waals surface area contributed by atoms with Crippen molar-refractivity contribution in [1.29, 1.82) is 0 Å². The van der Waals surface area contributed by atoms with Crippen LogP contribution in [0.5, 0.6) is 0 Å². The Labute approximate surface area is 211 Å². The fraction of sp³-hybridized carbons (Fsp3) is 0.417. The third-order valence-electron chi connectivity index (χ3n) is 6.41. The second-order valence-electron chi connectivity index (χ2n) is 9.01. The molecule has 2 saturated heterocycles. The molecule has 0 atom stereocenters. The van der Waals surface area contributed by atoms with E-state index in [0.29, 0.717) is 45.3 Å². The summed E-state index contributed by atoms with van der Waals surface area (Å²) in [6.07, 6.45) is 4.61. The molecule has 0 unspecified atom stereocenters. The Morgan fingerprint density at radius 1 is 0.917 bits per heavy atom. The van der Waals surface area contributed by atoms with Crippen molar-refractivity contribution >= 4 is 21.9 Å². The van der Waals surface area contributed by atoms with Gasteiger partial charge >= 0.3 is 0 Å². The molecule has 0 bridgehead atoms. The molecule has 2 fully saturated rings. The number of anilines is 2. The first kappa shape index (κ1) is 24.5. The summed E-state index contributed by atoms with van der Waals surface area (Å²) in [7, 11) is -3.14. The molecule has 12 heteroatoms. The van der Waals surface area contributed by atoms with Crippen LogP contribution in [0, 0.1) is 0 Å². The highest BCUT2D eigenvalue weighted by Crippen LogP contribution is 2.27. The third kappa shape index (κ3) is 5.78. The Kier molecular flexibility index (Phi) is 7.10. The van der Waals surface area contributed by atoms with Gasteiger partial charge in [0.2, 0.25) is 21.9 Å². The van der Waals surface area contributed by atoms with Crippen LogP contribution in [-0.2, 0) is 21.3 Å². The number of nitrogens with zero attached hydrogens (tertiary/aromatic N) is 7. The Morgan fingerprint density at radius 2 is 1.58 bits per heavy atom. The molecule has 0 aliphatic carbocycles. The van der Waals surface area contributed by atoms with Gasteiger partial charge in [0.1, 0.15) is 0 Å². The number of ether oxygens (including phenoxy) is 1. The first-order chi connectivity index (χ1) is 17.3. The van der Waals surface area contributed by atoms with Crippen LogP contribution in [0.25, 0.3) is 22.5 Å². The molecule has 3 aromatic rings. The summed E-state index contributed by atoms with van der Waals surface area (Å²) >= 11 is 0. The first-order valence-electron chi connectivity index (χ1n) is 11.9. The largest absolute Gasteiger partial charge is 0.378 e. The van der Waals surface area contributed by atoms with E-state index in [0.717, 1.165) is 47.7 Å². The zero-order valence-electron chi connectivity index (χ0n) is 20.2. The van der Waals surface area contributed by atoms with Gasteiger partial charge in [0, 0.05) is 69.3 Å². The summed E-state index contributed by atoms with van der Waals surface area (Å²) < 4.78 is 30.7. The predicted molar refractivity (Wildman–Crippen MR) is 138 cm³/mol. The van der Waals surface area contributed by atoms with Crippen LogP contribution in [-0.4, -0.2) is 96.3 Å². The highest BCUT2D eigenvalue weighted by Gasteiger charge is 2.23. The molecule has 2 aliphatic rings. The van der Waals surface area contributed by atoms with Crippen molar-refractivity contribution in [3.05, 3.63) is 48.3 Å². The fourth-order valence-corrected chi connectivity index (χ4v) is 5.24. The van der Waals surface area contributed by atoms with Gasteiger partial charge in [-0.25, -0.2) is 28.4 Å². The van der Waals surface area contributed by atoms with Crippen LogP contribution in [0.15, 0.2) is 42.7 Å². The van der Waals surface area contributed by atoms with Gasteiger partial charge in [0.05, 0.1) is 30.9 Å². The molecule has 0 spiro atoms. The minimum Gasteiger partial charge on any atom is -0.378 e. The van der Waals surface area contributed by atoms with Gasteiger partial charge < -0.3 is 15.4 Å². The predicted octanol–water partition coefficient (Wildman–Crippen LogP) is 1.10. The van der Waals surface area contributed by atoms with Gasteiger partial charge in [-0.3, -0.25) is 4.90 Å². The van der Waals surface area contributed by atoms with Crippen molar-refractivity contribution in [3.8, 4) is 22.5 Å². The number of sulfonamides is 1. The number of benzene rings is 1. The minimum atomic E-state index is -3.14. The van der Waals surface area contributed by atoms with E-state index in [-0.39, 0.29) is 5.95 Å². The van der Waals surface area contributed by atoms with Crippen LogP contribution in [0.1, 0.15) is 5.56 Å². The van der Waals surface area contributed by atoms with Gasteiger partial charge in [0.25, 0.3) is 0 Å². The van der Waals surface area contributed by atoms with Crippen molar-refractivity contribution in [2.75, 3.05) is 69.4 Å². The molecule has 0 radical (unpaired) electrons. The van der Waals surface area contributed by atoms with Crippen molar-refractivity contribution in [1.82, 2.24) is 29.1 Å². The molecule has 0 saturated carbocycles. The number of hydrogen-bond acceptors (Lipinski definition) is 10. The van der Waals surface area contributed by atoms with Gasteiger partial charge in [0.15, 0.2) is 0 Å². The molecule has 2 aliphatic heterocycles. The highest BCUT2D eigenvalue weighted by atomic mass is 32.2. The standard InChI is InChI=1S/C24H30N8O3S/c1-36(33,34)32-7-5-30(6-8-32)17-18-3-2-4-19(13-18)21-14-22(20-15-26-23(25)27-16-20)29-24(28-21)31-9-11-35-12-10-31/h2-4,13-16H,5-12,17H2,1H3,(H2,25,26,27). The smallest absolute Gasteiger partial charge is 0.226 e. The van der Waals surface area contributed by atoms with Gasteiger partial charge in [-0.1, -0.05) is 18.2 Å². The van der Waals surface area contributed by atoms with E-state index in [2.05, 4.69) is 31.9 Å². The molecule has 4 heterocycles. The van der Waals surface area contributed by atoms with Crippen LogP contribution in [0.2, 0.25) is 0 Å². The Morgan fingerprint density at radius 3 is 2.25 bits per heavy atom. The van der Waals surface area contributed by atoms with Crippen molar-refractivity contribution < 1.29 is 13.2 Å². The second-order valence-corrected chi connectivity index (χ2v) is 11.0. The quantitative estimate of drug-likeness (QED) is 0.514. The van der Waals surface area contributed by atoms with E-state index < -0.39 is 10.0 Å². The number of hydrogen-bond donors (Lipinski definition) is 1. The summed E-state index contributed by atoms with van der Waals surface area (Å²) in [5, 5.41) is 0. The first-order valence-corrected chi connectivity index (χ1v) is 13.8. The summed E-state index contributed by atoms with van der Waals surface area (Å²) in [6, 6.07) is 10.2. The lowest BCUT2D eigenvalue weighted by Crippen LogP contribution is -2.47. The zero-order chi connectivity index (χ0) is 25.1. The van der Waals surface area contributed by atoms with E-state index in [1.54, 1.807) is 12.4 Å². The third-order valence-corrected chi connectivity index (χ3v) is 7.71. The highest BCUT2D eigenvalue weighted by molar-refractivity contribution is 7.88. The Bertz CT molecular complexity index is 1310. The fourth-order valence-electron chi connectivity index (χ4n) is 4.41. The number of rotatable bonds is 6. The van der Waals surface area contributed by atoms with Gasteiger partial charge in [-0.2, -0.15) is 4.31 Å². The maximum absolute atomic E-state index is 11.8. The topological polar surface area (TPSA) is 131 Å². The molecule has 36 heavy (non-hydrogen) atoms. The van der Waals surface area contributed by atoms with Crippen molar-refractivity contribution in [2.45, 2.75) is 6.54 Å². The van der Waals surface area contributed by atoms with E-state index >= 15 is 0 Å². The summed E-state index contributed by atoms with van der Waals surface area (Å²) in [4.78, 5) is 22.4. The van der Waals surface area contributed by atoms with Crippen molar-refractivity contribution in [2.24, 2.45) is 0 Å². The lowest BCUT2D eigenvalue weighted by Gasteiger charge is -2.33. The normalized spacial score (nSPS) is 17.9. The average molecular weight is 511 g/mol. The monoisotopic (exact) mass is 510 g/mol. The second kappa shape index (κ2) is 10.4. The SMILES string of the molecule is CS(=O)(=O)N1CCN(Cc2cccc(-c3cc(-c4cnc(N)nc4)nc(N4CCOCC4)n3)c2)CC1. The van der Waals surface area contributed by atoms with E-state index in [4.69, 9.17) is 20.4 Å². The van der Waals surface area contributed by atoms with Crippen LogP contribution >= 0.6 is 0 Å². The average Bonchev–Trinajstić information content (AvgIpc) is 2.89. The summed E-state index contributed by atoms with van der Waals surface area (Å²) in [5.41, 5.74) is 10.1. The van der Waals surface area contributed by atoms with Crippen LogP contribution < -0.4 is 10.6 Å². The van der Waals surface area contributed by atoms with Gasteiger partial charge in [-0.15, -0.1) is 0 Å². The van der Waals surface area contributed by atoms with Crippen LogP contribution in [0.3, 0.4) is 0 Å². The summed E-state index contributed by atoms with van der Waals surface area (Å²) in [5.74, 6) is 0.858. The molecule has 1 aromatic carbocycles. The number of aromatic nitrogens is 4. The van der Waals surface area contributed by atoms with E-state index in [1.807, 2.05) is 18.2 Å². The molecule has 2 N–H and O–H groups in total. The van der Waals surface area contributed by atoms with E-state index in [1.165, 1.54) is 10.6 Å². The molecule has 5 rings (SSSR count). The maximum Gasteiger partial charge on any atom is 0.226 e. The Balaban J connectivity index is 1.41. The lowest BCUT2D eigenvalue weighted by molar-refractivity contribution is 0.122. The molecule has 2 aromatic heterocycles. The Hall–Kier alpha value is -3.19. The maximum atomic E-state index is 11.8. The van der Waals surface area contributed by atoms with Gasteiger partial charge in [-0.05, 0) is 17.7 Å². The minimum absolute atomic E-state index is 0.214. The summed E-state index contributed by atoms with van der Waals surface area (Å²) in [6.45, 7) is 5.89. The number of nitrogens with two attached hydrogens (primary N) is 1. The molecule has 0 amide bonds. The molecular weight excluding hydrogens is 480 g/mol. The molecular formula is C24H30N8O3S. The molecule has 190 valence electrons. The van der Waals surface area contributed by atoms with Crippen LogP contribution in [0.4, 0.5) is 11.9 Å². The van der Waals surface area contributed by atoms with E-state index in [9.17, 15) is 8.42 Å². The number of piperazine rings is 1. The number of nitrogen functional groups attached to an aromatic ring is 1. The zero-order valence-corrected chi connectivity index (χ0v) is 21.1. The molecule has 11 nitrogen and oxygen atoms in total. The van der Waals surface area contributed by atoms with Crippen molar-refractivity contribution in [3.63, 3.8) is 0 Å². The lowest BCUT2D eigenvalue weighted by atomic mass is 10.1.